The van der Waals surface area contributed by atoms with E-state index in [1.165, 1.54) is 17.5 Å². The van der Waals surface area contributed by atoms with Gasteiger partial charge in [0.25, 0.3) is 5.91 Å². The molecule has 0 aliphatic heterocycles. The third kappa shape index (κ3) is 5.72. The lowest BCUT2D eigenvalue weighted by Gasteiger charge is -2.43. The highest BCUT2D eigenvalue weighted by Crippen LogP contribution is 2.50. The summed E-state index contributed by atoms with van der Waals surface area (Å²) in [7, 11) is 0. The first-order valence-corrected chi connectivity index (χ1v) is 13.9. The smallest absolute Gasteiger partial charge is 0.390 e. The molecule has 1 amide bonds. The van der Waals surface area contributed by atoms with Gasteiger partial charge < -0.3 is 26.2 Å². The van der Waals surface area contributed by atoms with Crippen LogP contribution in [0.2, 0.25) is 0 Å². The van der Waals surface area contributed by atoms with Gasteiger partial charge in [-0.05, 0) is 69.6 Å². The van der Waals surface area contributed by atoms with Gasteiger partial charge in [0.05, 0.1) is 39.1 Å². The first-order valence-electron chi connectivity index (χ1n) is 13.1. The number of nitrogens with zero attached hydrogens (tertiary/aromatic N) is 2. The number of pyridine rings is 1. The topological polar surface area (TPSA) is 119 Å². The van der Waals surface area contributed by atoms with Gasteiger partial charge >= 0.3 is 6.18 Å². The highest BCUT2D eigenvalue weighted by atomic mass is 32.1. The summed E-state index contributed by atoms with van der Waals surface area (Å²) in [6.45, 7) is 2.46. The number of carbonyl (C=O) groups is 1. The number of nitrogens with one attached hydrogen (secondary N) is 3. The van der Waals surface area contributed by atoms with E-state index in [2.05, 4.69) is 25.9 Å². The Morgan fingerprint density at radius 2 is 1.85 bits per heavy atom. The van der Waals surface area contributed by atoms with Crippen molar-refractivity contribution in [3.63, 3.8) is 0 Å². The Labute approximate surface area is 232 Å². The van der Waals surface area contributed by atoms with E-state index in [0.717, 1.165) is 15.9 Å². The van der Waals surface area contributed by atoms with Gasteiger partial charge in [-0.15, -0.1) is 11.3 Å². The molecule has 5 N–H and O–H groups in total. The second kappa shape index (κ2) is 10.4. The Bertz CT molecular complexity index is 1380. The number of thiazole rings is 1. The average Bonchev–Trinajstić information content (AvgIpc) is 3.60. The molecule has 2 aliphatic rings. The number of hydrogen-bond donors (Lipinski definition) is 5. The van der Waals surface area contributed by atoms with Gasteiger partial charge in [0.2, 0.25) is 0 Å². The van der Waals surface area contributed by atoms with Crippen LogP contribution in [0.15, 0.2) is 36.0 Å². The van der Waals surface area contributed by atoms with Crippen LogP contribution in [0.1, 0.15) is 49.9 Å². The number of amides is 1. The van der Waals surface area contributed by atoms with Crippen molar-refractivity contribution in [2.45, 2.75) is 69.1 Å². The summed E-state index contributed by atoms with van der Waals surface area (Å²) >= 11 is 1.48. The summed E-state index contributed by atoms with van der Waals surface area (Å²) in [6.07, 6.45) is -5.20. The minimum atomic E-state index is -5.16. The highest BCUT2D eigenvalue weighted by molar-refractivity contribution is 7.16. The van der Waals surface area contributed by atoms with Gasteiger partial charge in [-0.3, -0.25) is 4.79 Å². The first-order chi connectivity index (χ1) is 18.8. The van der Waals surface area contributed by atoms with E-state index >= 15 is 0 Å². The number of benzene rings is 1. The number of hydrogen-bond acceptors (Lipinski definition) is 8. The van der Waals surface area contributed by atoms with Crippen LogP contribution < -0.4 is 16.0 Å². The average molecular weight is 582 g/mol. The highest BCUT2D eigenvalue weighted by Gasteiger charge is 2.66. The van der Waals surface area contributed by atoms with Gasteiger partial charge in [0.15, 0.2) is 11.8 Å². The van der Waals surface area contributed by atoms with E-state index in [1.54, 1.807) is 25.4 Å². The SMILES string of the molecule is CC(C)(O)C1CC(Nc2cc(Nc3ccc4ncsc4c3)ncc2C(=O)NC[C@@H](F)C(O)(C2CC2)C(F)(F)F)C1. The molecule has 13 heteroatoms. The standard InChI is InChI=1S/C27H31F4N5O3S/c1-25(2,38)15-7-17(8-15)35-20-10-23(36-16-5-6-19-21(9-16)40-13-34-19)32-11-18(20)24(37)33-12-22(28)26(39,14-3-4-14)27(29,30)31/h5-6,9-11,13-15,17,22,38-39H,3-4,7-8,12H2,1-2H3,(H,33,37)(H2,32,35,36)/t15?,17?,22-,26?/m1/s1. The van der Waals surface area contributed by atoms with Crippen LogP contribution in [0, 0.1) is 11.8 Å². The number of alkyl halides is 4. The normalized spacial score (nSPS) is 21.8. The van der Waals surface area contributed by atoms with Crippen molar-refractivity contribution in [3.8, 4) is 0 Å². The Morgan fingerprint density at radius 1 is 1.12 bits per heavy atom. The molecular formula is C27H31F4N5O3S. The van der Waals surface area contributed by atoms with Crippen LogP contribution >= 0.6 is 11.3 Å². The molecule has 1 unspecified atom stereocenters. The summed E-state index contributed by atoms with van der Waals surface area (Å²) in [5, 5.41) is 29.1. The van der Waals surface area contributed by atoms with Crippen molar-refractivity contribution >= 4 is 44.7 Å². The molecular weight excluding hydrogens is 550 g/mol. The molecule has 2 saturated carbocycles. The van der Waals surface area contributed by atoms with Gasteiger partial charge in [0.1, 0.15) is 5.82 Å². The molecule has 2 aliphatic carbocycles. The Balaban J connectivity index is 1.33. The summed E-state index contributed by atoms with van der Waals surface area (Å²) in [4.78, 5) is 21.6. The largest absolute Gasteiger partial charge is 0.420 e. The maximum absolute atomic E-state index is 14.8. The third-order valence-electron chi connectivity index (χ3n) is 7.82. The van der Waals surface area contributed by atoms with Crippen LogP contribution in [0.25, 0.3) is 10.2 Å². The van der Waals surface area contributed by atoms with Crippen LogP contribution in [0.3, 0.4) is 0 Å². The molecule has 0 spiro atoms. The molecule has 5 rings (SSSR count). The number of aromatic nitrogens is 2. The van der Waals surface area contributed by atoms with E-state index in [-0.39, 0.29) is 30.4 Å². The number of aliphatic hydroxyl groups is 2. The fourth-order valence-corrected chi connectivity index (χ4v) is 5.77. The number of halogens is 4. The van der Waals surface area contributed by atoms with Gasteiger partial charge in [-0.25, -0.2) is 14.4 Å². The van der Waals surface area contributed by atoms with Crippen molar-refractivity contribution < 1.29 is 32.6 Å². The van der Waals surface area contributed by atoms with E-state index < -0.39 is 41.9 Å². The molecule has 2 atom stereocenters. The minimum Gasteiger partial charge on any atom is -0.390 e. The molecule has 0 bridgehead atoms. The van der Waals surface area contributed by atoms with Crippen molar-refractivity contribution in [3.05, 3.63) is 41.5 Å². The molecule has 2 fully saturated rings. The molecule has 8 nitrogen and oxygen atoms in total. The van der Waals surface area contributed by atoms with E-state index in [1.807, 2.05) is 18.2 Å². The quantitative estimate of drug-likeness (QED) is 0.210. The third-order valence-corrected chi connectivity index (χ3v) is 8.61. The second-order valence-electron chi connectivity index (χ2n) is 11.2. The van der Waals surface area contributed by atoms with Crippen LogP contribution in [0.4, 0.5) is 34.8 Å². The van der Waals surface area contributed by atoms with Crippen molar-refractivity contribution in [1.29, 1.82) is 0 Å². The van der Waals surface area contributed by atoms with Crippen LogP contribution in [-0.2, 0) is 0 Å². The summed E-state index contributed by atoms with van der Waals surface area (Å²) in [6, 6.07) is 7.14. The zero-order valence-electron chi connectivity index (χ0n) is 21.9. The predicted octanol–water partition coefficient (Wildman–Crippen LogP) is 5.17. The van der Waals surface area contributed by atoms with Gasteiger partial charge in [0, 0.05) is 24.0 Å². The van der Waals surface area contributed by atoms with E-state index in [4.69, 9.17) is 0 Å². The Morgan fingerprint density at radius 3 is 2.50 bits per heavy atom. The summed E-state index contributed by atoms with van der Waals surface area (Å²) in [5.74, 6) is -1.59. The molecule has 3 aromatic rings. The molecule has 2 heterocycles. The predicted molar refractivity (Wildman–Crippen MR) is 145 cm³/mol. The van der Waals surface area contributed by atoms with Crippen molar-refractivity contribution in [2.75, 3.05) is 17.2 Å². The van der Waals surface area contributed by atoms with Crippen LogP contribution in [0.5, 0.6) is 0 Å². The fourth-order valence-electron chi connectivity index (χ4n) is 5.06. The van der Waals surface area contributed by atoms with Gasteiger partial charge in [-0.1, -0.05) is 0 Å². The molecule has 2 aromatic heterocycles. The summed E-state index contributed by atoms with van der Waals surface area (Å²) < 4.78 is 56.3. The van der Waals surface area contributed by atoms with Gasteiger partial charge in [-0.2, -0.15) is 13.2 Å². The summed E-state index contributed by atoms with van der Waals surface area (Å²) in [5.41, 5.74) is -0.652. The Hall–Kier alpha value is -3.03. The molecule has 40 heavy (non-hydrogen) atoms. The number of carbonyl (C=O) groups excluding carboxylic acids is 1. The number of fused-ring (bicyclic) bond motifs is 1. The minimum absolute atomic E-state index is 0.0179. The monoisotopic (exact) mass is 581 g/mol. The molecule has 216 valence electrons. The van der Waals surface area contributed by atoms with Crippen molar-refractivity contribution in [1.82, 2.24) is 15.3 Å². The van der Waals surface area contributed by atoms with E-state index in [9.17, 15) is 32.6 Å². The maximum Gasteiger partial charge on any atom is 0.420 e. The second-order valence-corrected chi connectivity index (χ2v) is 12.1. The lowest BCUT2D eigenvalue weighted by Crippen LogP contribution is -2.57. The molecule has 0 saturated heterocycles. The zero-order valence-corrected chi connectivity index (χ0v) is 22.7. The van der Waals surface area contributed by atoms with Crippen molar-refractivity contribution in [2.24, 2.45) is 11.8 Å². The van der Waals surface area contributed by atoms with Crippen LogP contribution in [-0.4, -0.2) is 62.2 Å². The molecule has 0 radical (unpaired) electrons. The lowest BCUT2D eigenvalue weighted by molar-refractivity contribution is -0.288. The number of anilines is 3. The van der Waals surface area contributed by atoms with E-state index in [0.29, 0.717) is 24.3 Å². The first kappa shape index (κ1) is 28.5. The lowest BCUT2D eigenvalue weighted by atomic mass is 9.71. The zero-order chi connectivity index (χ0) is 28.9. The maximum atomic E-state index is 14.8. The Kier molecular flexibility index (Phi) is 7.42. The number of rotatable bonds is 10. The fraction of sp³-hybridized carbons (Fsp3) is 0.519. The molecule has 1 aromatic carbocycles.